The molecule has 3 aromatic rings. The Morgan fingerprint density at radius 1 is 1.00 bits per heavy atom. The lowest BCUT2D eigenvalue weighted by atomic mass is 10.2. The second kappa shape index (κ2) is 8.59. The summed E-state index contributed by atoms with van der Waals surface area (Å²) in [7, 11) is 0. The molecular formula is C22H17ClN2O3S. The largest absolute Gasteiger partial charge is 0.454 e. The van der Waals surface area contributed by atoms with Gasteiger partial charge in [0, 0.05) is 4.90 Å². The molecule has 5 nitrogen and oxygen atoms in total. The maximum Gasteiger partial charge on any atom is 0.244 e. The normalized spacial score (nSPS) is 13.0. The third kappa shape index (κ3) is 4.39. The highest BCUT2D eigenvalue weighted by Crippen LogP contribution is 2.35. The van der Waals surface area contributed by atoms with Gasteiger partial charge < -0.3 is 15.0 Å². The molecule has 0 unspecified atom stereocenters. The van der Waals surface area contributed by atoms with E-state index in [0.29, 0.717) is 28.0 Å². The number of benzene rings is 3. The van der Waals surface area contributed by atoms with Crippen LogP contribution in [0.3, 0.4) is 0 Å². The van der Waals surface area contributed by atoms with E-state index in [0.717, 1.165) is 10.6 Å². The maximum absolute atomic E-state index is 12.7. The van der Waals surface area contributed by atoms with Gasteiger partial charge in [0.25, 0.3) is 0 Å². The minimum Gasteiger partial charge on any atom is -0.454 e. The van der Waals surface area contributed by atoms with Crippen LogP contribution in [-0.4, -0.2) is 24.1 Å². The zero-order chi connectivity index (χ0) is 20.2. The fourth-order valence-electron chi connectivity index (χ4n) is 2.97. The first kappa shape index (κ1) is 19.4. The Hall–Kier alpha value is -2.96. The number of fused-ring (bicyclic) bond motifs is 1. The summed E-state index contributed by atoms with van der Waals surface area (Å²) in [5, 5.41) is 3.31. The minimum atomic E-state index is -0.310. The molecule has 3 aromatic carbocycles. The molecule has 0 atom stereocenters. The first-order chi connectivity index (χ1) is 14.1. The molecule has 0 spiro atoms. The fourth-order valence-corrected chi connectivity index (χ4v) is 4.08. The molecule has 0 saturated heterocycles. The predicted octanol–water partition coefficient (Wildman–Crippen LogP) is 5.21. The quantitative estimate of drug-likeness (QED) is 0.610. The highest BCUT2D eigenvalue weighted by atomic mass is 35.5. The summed E-state index contributed by atoms with van der Waals surface area (Å²) >= 11 is 7.65. The second-order valence-corrected chi connectivity index (χ2v) is 7.74. The zero-order valence-electron chi connectivity index (χ0n) is 15.3. The standard InChI is InChI=1S/C22H17ClN2O3S/c23-15-7-1-4-10-18(15)28-19-11-5-2-8-16(19)24-21(26)13-25-17-9-3-6-12-20(17)29-14-22(25)27/h1-12H,13-14H2,(H,24,26). The number of carbonyl (C=O) groups excluding carboxylic acids is 2. The Bertz CT molecular complexity index is 1070. The Morgan fingerprint density at radius 3 is 2.52 bits per heavy atom. The van der Waals surface area contributed by atoms with Gasteiger partial charge in [-0.1, -0.05) is 48.0 Å². The number of nitrogens with one attached hydrogen (secondary N) is 1. The number of thioether (sulfide) groups is 1. The van der Waals surface area contributed by atoms with Crippen LogP contribution in [0.2, 0.25) is 5.02 Å². The average molecular weight is 425 g/mol. The molecule has 0 radical (unpaired) electrons. The summed E-state index contributed by atoms with van der Waals surface area (Å²) in [6.45, 7) is -0.0726. The number of nitrogens with zero attached hydrogens (tertiary/aromatic N) is 1. The molecule has 0 saturated carbocycles. The van der Waals surface area contributed by atoms with Gasteiger partial charge in [-0.05, 0) is 36.4 Å². The molecule has 29 heavy (non-hydrogen) atoms. The summed E-state index contributed by atoms with van der Waals surface area (Å²) in [6.07, 6.45) is 0. The lowest BCUT2D eigenvalue weighted by Gasteiger charge is -2.28. The van der Waals surface area contributed by atoms with Gasteiger partial charge in [-0.15, -0.1) is 11.8 Å². The third-order valence-electron chi connectivity index (χ3n) is 4.33. The van der Waals surface area contributed by atoms with Crippen LogP contribution >= 0.6 is 23.4 Å². The molecular weight excluding hydrogens is 408 g/mol. The van der Waals surface area contributed by atoms with E-state index in [9.17, 15) is 9.59 Å². The van der Waals surface area contributed by atoms with E-state index >= 15 is 0 Å². The van der Waals surface area contributed by atoms with Crippen molar-refractivity contribution in [3.05, 3.63) is 77.8 Å². The number of ether oxygens (including phenoxy) is 1. The van der Waals surface area contributed by atoms with Gasteiger partial charge in [-0.2, -0.15) is 0 Å². The summed E-state index contributed by atoms with van der Waals surface area (Å²) in [6, 6.07) is 21.8. The van der Waals surface area contributed by atoms with Gasteiger partial charge in [-0.3, -0.25) is 9.59 Å². The van der Waals surface area contributed by atoms with Crippen LogP contribution in [0, 0.1) is 0 Å². The Balaban J connectivity index is 1.51. The van der Waals surface area contributed by atoms with Crippen molar-refractivity contribution in [1.29, 1.82) is 0 Å². The van der Waals surface area contributed by atoms with Crippen LogP contribution in [-0.2, 0) is 9.59 Å². The molecule has 0 aliphatic carbocycles. The van der Waals surface area contributed by atoms with Crippen molar-refractivity contribution in [3.63, 3.8) is 0 Å². The van der Waals surface area contributed by atoms with Crippen molar-refractivity contribution >= 4 is 46.6 Å². The molecule has 2 amide bonds. The molecule has 146 valence electrons. The molecule has 1 aliphatic heterocycles. The number of amides is 2. The highest BCUT2D eigenvalue weighted by Gasteiger charge is 2.26. The van der Waals surface area contributed by atoms with E-state index in [1.807, 2.05) is 42.5 Å². The number of rotatable bonds is 5. The number of para-hydroxylation sites is 4. The molecule has 0 aromatic heterocycles. The number of anilines is 2. The predicted molar refractivity (Wildman–Crippen MR) is 116 cm³/mol. The van der Waals surface area contributed by atoms with Gasteiger partial charge in [0.1, 0.15) is 12.3 Å². The molecule has 1 aliphatic rings. The van der Waals surface area contributed by atoms with E-state index in [1.165, 1.54) is 16.7 Å². The van der Waals surface area contributed by atoms with Gasteiger partial charge in [-0.25, -0.2) is 0 Å². The first-order valence-electron chi connectivity index (χ1n) is 8.95. The average Bonchev–Trinajstić information content (AvgIpc) is 2.73. The van der Waals surface area contributed by atoms with Crippen molar-refractivity contribution in [1.82, 2.24) is 0 Å². The van der Waals surface area contributed by atoms with Gasteiger partial charge in [0.2, 0.25) is 11.8 Å². The van der Waals surface area contributed by atoms with Crippen LogP contribution in [0.4, 0.5) is 11.4 Å². The highest BCUT2D eigenvalue weighted by molar-refractivity contribution is 8.00. The maximum atomic E-state index is 12.7. The Kier molecular flexibility index (Phi) is 5.74. The van der Waals surface area contributed by atoms with Crippen molar-refractivity contribution in [2.75, 3.05) is 22.5 Å². The molecule has 1 heterocycles. The molecule has 4 rings (SSSR count). The van der Waals surface area contributed by atoms with Crippen molar-refractivity contribution in [3.8, 4) is 11.5 Å². The van der Waals surface area contributed by atoms with E-state index in [-0.39, 0.29) is 18.4 Å². The number of carbonyl (C=O) groups is 2. The number of hydrogen-bond acceptors (Lipinski definition) is 4. The topological polar surface area (TPSA) is 58.6 Å². The molecule has 0 bridgehead atoms. The smallest absolute Gasteiger partial charge is 0.244 e. The van der Waals surface area contributed by atoms with Crippen LogP contribution in [0.15, 0.2) is 77.7 Å². The monoisotopic (exact) mass is 424 g/mol. The summed E-state index contributed by atoms with van der Waals surface area (Å²) < 4.78 is 5.88. The SMILES string of the molecule is O=C(CN1C(=O)CSc2ccccc21)Nc1ccccc1Oc1ccccc1Cl. The first-order valence-corrected chi connectivity index (χ1v) is 10.3. The van der Waals surface area contributed by atoms with Crippen molar-refractivity contribution in [2.24, 2.45) is 0 Å². The van der Waals surface area contributed by atoms with Crippen LogP contribution in [0.1, 0.15) is 0 Å². The summed E-state index contributed by atoms with van der Waals surface area (Å²) in [4.78, 5) is 27.6. The summed E-state index contributed by atoms with van der Waals surface area (Å²) in [5.41, 5.74) is 1.26. The van der Waals surface area contributed by atoms with Gasteiger partial charge in [0.15, 0.2) is 5.75 Å². The fraction of sp³-hybridized carbons (Fsp3) is 0.0909. The van der Waals surface area contributed by atoms with Crippen LogP contribution in [0.25, 0.3) is 0 Å². The van der Waals surface area contributed by atoms with Crippen molar-refractivity contribution < 1.29 is 14.3 Å². The Morgan fingerprint density at radius 2 is 1.69 bits per heavy atom. The van der Waals surface area contributed by atoms with Gasteiger partial charge in [0.05, 0.1) is 22.2 Å². The van der Waals surface area contributed by atoms with Gasteiger partial charge >= 0.3 is 0 Å². The minimum absolute atomic E-state index is 0.0726. The lowest BCUT2D eigenvalue weighted by molar-refractivity contribution is -0.120. The second-order valence-electron chi connectivity index (χ2n) is 6.31. The van der Waals surface area contributed by atoms with E-state index in [4.69, 9.17) is 16.3 Å². The van der Waals surface area contributed by atoms with Crippen LogP contribution < -0.4 is 15.0 Å². The number of halogens is 1. The Labute approximate surface area is 177 Å². The zero-order valence-corrected chi connectivity index (χ0v) is 16.9. The third-order valence-corrected chi connectivity index (χ3v) is 5.69. The molecule has 7 heteroatoms. The van der Waals surface area contributed by atoms with E-state index < -0.39 is 0 Å². The number of hydrogen-bond donors (Lipinski definition) is 1. The summed E-state index contributed by atoms with van der Waals surface area (Å²) in [5.74, 6) is 0.874. The lowest BCUT2D eigenvalue weighted by Crippen LogP contribution is -2.41. The molecule has 1 N–H and O–H groups in total. The molecule has 0 fully saturated rings. The van der Waals surface area contributed by atoms with E-state index in [2.05, 4.69) is 5.32 Å². The van der Waals surface area contributed by atoms with E-state index in [1.54, 1.807) is 30.3 Å². The van der Waals surface area contributed by atoms with Crippen LogP contribution in [0.5, 0.6) is 11.5 Å². The van der Waals surface area contributed by atoms with Crippen molar-refractivity contribution in [2.45, 2.75) is 4.90 Å².